The second kappa shape index (κ2) is 7.47. The third-order valence-electron chi connectivity index (χ3n) is 7.37. The van der Waals surface area contributed by atoms with E-state index in [-0.39, 0.29) is 46.8 Å². The van der Waals surface area contributed by atoms with Crippen LogP contribution in [-0.4, -0.2) is 40.8 Å². The predicted octanol–water partition coefficient (Wildman–Crippen LogP) is 3.90. The van der Waals surface area contributed by atoms with Crippen LogP contribution in [0.3, 0.4) is 0 Å². The molecule has 0 spiro atoms. The van der Waals surface area contributed by atoms with E-state index in [4.69, 9.17) is 9.47 Å². The molecule has 1 saturated carbocycles. The summed E-state index contributed by atoms with van der Waals surface area (Å²) in [5.41, 5.74) is -1.08. The molecule has 0 aromatic carbocycles. The van der Waals surface area contributed by atoms with Gasteiger partial charge in [0.05, 0.1) is 5.60 Å². The van der Waals surface area contributed by atoms with Gasteiger partial charge >= 0.3 is 5.97 Å². The van der Waals surface area contributed by atoms with Crippen LogP contribution in [0.4, 0.5) is 0 Å². The van der Waals surface area contributed by atoms with Crippen molar-refractivity contribution in [3.05, 3.63) is 0 Å². The zero-order valence-corrected chi connectivity index (χ0v) is 18.3. The van der Waals surface area contributed by atoms with Crippen molar-refractivity contribution in [1.29, 1.82) is 0 Å². The van der Waals surface area contributed by atoms with Gasteiger partial charge in [-0.05, 0) is 38.0 Å². The number of carbonyl (C=O) groups is 2. The summed E-state index contributed by atoms with van der Waals surface area (Å²) in [5, 5.41) is 10.8. The monoisotopic (exact) mass is 382 g/mol. The number of Topliss-reactive ketones (excluding diaryl/α,β-unsaturated/α-hetero) is 1. The van der Waals surface area contributed by atoms with Crippen molar-refractivity contribution in [3.63, 3.8) is 0 Å². The van der Waals surface area contributed by atoms with Crippen molar-refractivity contribution in [3.8, 4) is 0 Å². The number of esters is 1. The van der Waals surface area contributed by atoms with Crippen molar-refractivity contribution < 1.29 is 24.2 Å². The maximum absolute atomic E-state index is 13.1. The standard InChI is InChI=1S/C22H38O5/c1-9-10-11-22(8)18(25)17(24)16(20(22,4)5)13(2)12-15(26-14(3)23)19-21(6,7)27-19/h13,15-16,18-19,25H,9-12H2,1-8H3/t13-,15-,16+,18+,19+,22-/m1/s1. The number of hydrogen-bond donors (Lipinski definition) is 1. The summed E-state index contributed by atoms with van der Waals surface area (Å²) in [4.78, 5) is 24.6. The number of ketones is 1. The van der Waals surface area contributed by atoms with Crippen molar-refractivity contribution in [2.45, 2.75) is 105 Å². The second-order valence-electron chi connectivity index (χ2n) is 10.0. The molecule has 1 aliphatic heterocycles. The van der Waals surface area contributed by atoms with Gasteiger partial charge in [0.2, 0.25) is 0 Å². The van der Waals surface area contributed by atoms with Gasteiger partial charge in [-0.2, -0.15) is 0 Å². The number of aliphatic hydroxyl groups is 1. The van der Waals surface area contributed by atoms with E-state index >= 15 is 0 Å². The molecule has 5 heteroatoms. The van der Waals surface area contributed by atoms with E-state index in [0.29, 0.717) is 6.42 Å². The van der Waals surface area contributed by atoms with Crippen LogP contribution in [0.5, 0.6) is 0 Å². The SMILES string of the molecule is CCCC[C@]1(C)[C@@H](O)C(=O)[C@H]([C@H](C)C[C@@H](OC(C)=O)[C@@H]2OC2(C)C)C1(C)C. The number of aliphatic hydroxyl groups excluding tert-OH is 1. The first kappa shape index (κ1) is 22.4. The minimum absolute atomic E-state index is 0.0186. The number of carbonyl (C=O) groups excluding carboxylic acids is 2. The molecule has 0 aromatic heterocycles. The number of ether oxygens (including phenoxy) is 2. The maximum atomic E-state index is 13.1. The number of rotatable bonds is 8. The van der Waals surface area contributed by atoms with Gasteiger partial charge < -0.3 is 14.6 Å². The van der Waals surface area contributed by atoms with Crippen molar-refractivity contribution in [1.82, 2.24) is 0 Å². The van der Waals surface area contributed by atoms with E-state index in [0.717, 1.165) is 19.3 Å². The van der Waals surface area contributed by atoms with Gasteiger partial charge in [0.25, 0.3) is 0 Å². The van der Waals surface area contributed by atoms with Crippen LogP contribution in [0, 0.1) is 22.7 Å². The zero-order valence-electron chi connectivity index (χ0n) is 18.3. The van der Waals surface area contributed by atoms with Crippen LogP contribution in [0.15, 0.2) is 0 Å². The van der Waals surface area contributed by atoms with Crippen LogP contribution in [-0.2, 0) is 19.1 Å². The molecule has 0 unspecified atom stereocenters. The third kappa shape index (κ3) is 3.95. The lowest BCUT2D eigenvalue weighted by Gasteiger charge is -2.44. The molecule has 6 atom stereocenters. The number of unbranched alkanes of at least 4 members (excludes halogenated alkanes) is 1. The Morgan fingerprint density at radius 2 is 1.81 bits per heavy atom. The molecule has 2 fully saturated rings. The first-order chi connectivity index (χ1) is 12.3. The Morgan fingerprint density at radius 1 is 1.26 bits per heavy atom. The molecule has 1 N–H and O–H groups in total. The zero-order chi connectivity index (χ0) is 20.8. The molecular weight excluding hydrogens is 344 g/mol. The fourth-order valence-corrected chi connectivity index (χ4v) is 5.31. The van der Waals surface area contributed by atoms with Crippen molar-refractivity contribution in [2.24, 2.45) is 22.7 Å². The molecule has 1 aliphatic carbocycles. The lowest BCUT2D eigenvalue weighted by Crippen LogP contribution is -2.41. The highest BCUT2D eigenvalue weighted by molar-refractivity contribution is 5.90. The van der Waals surface area contributed by atoms with Gasteiger partial charge in [-0.25, -0.2) is 0 Å². The molecule has 27 heavy (non-hydrogen) atoms. The highest BCUT2D eigenvalue weighted by Crippen LogP contribution is 2.59. The average Bonchev–Trinajstić information content (AvgIpc) is 3.15. The maximum Gasteiger partial charge on any atom is 0.302 e. The summed E-state index contributed by atoms with van der Waals surface area (Å²) < 4.78 is 11.3. The predicted molar refractivity (Wildman–Crippen MR) is 104 cm³/mol. The van der Waals surface area contributed by atoms with Crippen LogP contribution in [0.1, 0.15) is 81.1 Å². The van der Waals surface area contributed by atoms with Gasteiger partial charge in [0.1, 0.15) is 18.3 Å². The Balaban J connectivity index is 2.22. The summed E-state index contributed by atoms with van der Waals surface area (Å²) in [7, 11) is 0. The molecule has 2 aliphatic rings. The molecule has 5 nitrogen and oxygen atoms in total. The highest BCUT2D eigenvalue weighted by Gasteiger charge is 2.63. The van der Waals surface area contributed by atoms with Gasteiger partial charge in [-0.1, -0.05) is 47.5 Å². The largest absolute Gasteiger partial charge is 0.460 e. The number of epoxide rings is 1. The van der Waals surface area contributed by atoms with Crippen LogP contribution >= 0.6 is 0 Å². The quantitative estimate of drug-likeness (QED) is 0.509. The van der Waals surface area contributed by atoms with E-state index in [1.54, 1.807) is 0 Å². The molecule has 0 amide bonds. The second-order valence-corrected chi connectivity index (χ2v) is 10.0. The Morgan fingerprint density at radius 3 is 2.26 bits per heavy atom. The van der Waals surface area contributed by atoms with E-state index in [9.17, 15) is 14.7 Å². The molecule has 1 heterocycles. The van der Waals surface area contributed by atoms with E-state index < -0.39 is 11.5 Å². The summed E-state index contributed by atoms with van der Waals surface area (Å²) in [6, 6.07) is 0. The van der Waals surface area contributed by atoms with E-state index in [1.807, 2.05) is 20.8 Å². The first-order valence-electron chi connectivity index (χ1n) is 10.4. The minimum atomic E-state index is -0.938. The summed E-state index contributed by atoms with van der Waals surface area (Å²) in [6.45, 7) is 15.8. The normalized spacial score (nSPS) is 36.3. The van der Waals surface area contributed by atoms with Crippen LogP contribution < -0.4 is 0 Å². The first-order valence-corrected chi connectivity index (χ1v) is 10.4. The summed E-state index contributed by atoms with van der Waals surface area (Å²) in [5.74, 6) is -0.684. The van der Waals surface area contributed by atoms with Crippen LogP contribution in [0.25, 0.3) is 0 Å². The summed E-state index contributed by atoms with van der Waals surface area (Å²) in [6.07, 6.45) is 1.98. The molecule has 2 rings (SSSR count). The fraction of sp³-hybridized carbons (Fsp3) is 0.909. The summed E-state index contributed by atoms with van der Waals surface area (Å²) >= 11 is 0. The Bertz CT molecular complexity index is 581. The molecular formula is C22H38O5. The Labute approximate surface area is 164 Å². The molecule has 0 aromatic rings. The third-order valence-corrected chi connectivity index (χ3v) is 7.37. The molecule has 0 bridgehead atoms. The topological polar surface area (TPSA) is 76.1 Å². The van der Waals surface area contributed by atoms with Crippen LogP contribution in [0.2, 0.25) is 0 Å². The minimum Gasteiger partial charge on any atom is -0.460 e. The van der Waals surface area contributed by atoms with Gasteiger partial charge in [0.15, 0.2) is 5.78 Å². The van der Waals surface area contributed by atoms with E-state index in [1.165, 1.54) is 6.92 Å². The lowest BCUT2D eigenvalue weighted by molar-refractivity contribution is -0.148. The lowest BCUT2D eigenvalue weighted by atomic mass is 9.60. The molecule has 1 saturated heterocycles. The molecule has 156 valence electrons. The molecule has 0 radical (unpaired) electrons. The van der Waals surface area contributed by atoms with E-state index in [2.05, 4.69) is 27.7 Å². The highest BCUT2D eigenvalue weighted by atomic mass is 16.6. The van der Waals surface area contributed by atoms with Crippen molar-refractivity contribution in [2.75, 3.05) is 0 Å². The Kier molecular flexibility index (Phi) is 6.19. The van der Waals surface area contributed by atoms with Gasteiger partial charge in [0, 0.05) is 18.3 Å². The van der Waals surface area contributed by atoms with Gasteiger partial charge in [-0.3, -0.25) is 9.59 Å². The smallest absolute Gasteiger partial charge is 0.302 e. The Hall–Kier alpha value is -0.940. The van der Waals surface area contributed by atoms with Gasteiger partial charge in [-0.15, -0.1) is 0 Å². The fourth-order valence-electron chi connectivity index (χ4n) is 5.31. The average molecular weight is 383 g/mol. The number of hydrogen-bond acceptors (Lipinski definition) is 5. The van der Waals surface area contributed by atoms with Crippen molar-refractivity contribution >= 4 is 11.8 Å².